The molecule has 0 unspecified atom stereocenters. The fraction of sp³-hybridized carbons (Fsp3) is 0.278. The number of aromatic nitrogens is 3. The summed E-state index contributed by atoms with van der Waals surface area (Å²) < 4.78 is 1.74. The summed E-state index contributed by atoms with van der Waals surface area (Å²) in [4.78, 5) is 21.1. The van der Waals surface area contributed by atoms with Crippen molar-refractivity contribution in [3.63, 3.8) is 0 Å². The third-order valence-electron chi connectivity index (χ3n) is 3.88. The molecule has 25 heavy (non-hydrogen) atoms. The number of carbonyl (C=O) groups excluding carboxylic acids is 1. The lowest BCUT2D eigenvalue weighted by molar-refractivity contribution is -0.116. The Balaban J connectivity index is 2.03. The summed E-state index contributed by atoms with van der Waals surface area (Å²) in [6, 6.07) is 7.12. The average molecular weight is 377 g/mol. The first-order valence-corrected chi connectivity index (χ1v) is 8.94. The molecule has 7 heteroatoms. The van der Waals surface area contributed by atoms with Gasteiger partial charge < -0.3 is 5.32 Å². The zero-order valence-corrected chi connectivity index (χ0v) is 15.3. The third-order valence-corrected chi connectivity index (χ3v) is 4.69. The molecule has 0 saturated carbocycles. The van der Waals surface area contributed by atoms with Crippen LogP contribution in [0.2, 0.25) is 10.0 Å². The van der Waals surface area contributed by atoms with Gasteiger partial charge in [-0.15, -0.1) is 0 Å². The number of imidazole rings is 1. The van der Waals surface area contributed by atoms with Crippen LogP contribution >= 0.6 is 23.2 Å². The van der Waals surface area contributed by atoms with Crippen LogP contribution in [0.15, 0.2) is 36.7 Å². The molecule has 0 aliphatic heterocycles. The number of halogens is 2. The number of hydrogen-bond donors (Lipinski definition) is 1. The van der Waals surface area contributed by atoms with E-state index in [4.69, 9.17) is 23.2 Å². The molecule has 0 spiro atoms. The Kier molecular flexibility index (Phi) is 5.56. The van der Waals surface area contributed by atoms with Crippen molar-refractivity contribution in [3.05, 3.63) is 46.7 Å². The van der Waals surface area contributed by atoms with Gasteiger partial charge in [-0.3, -0.25) is 9.20 Å². The normalized spacial score (nSPS) is 11.0. The molecule has 2 aromatic heterocycles. The maximum atomic E-state index is 12.3. The zero-order chi connectivity index (χ0) is 17.8. The Morgan fingerprint density at radius 2 is 2.08 bits per heavy atom. The summed E-state index contributed by atoms with van der Waals surface area (Å²) in [5.74, 6) is 0.977. The van der Waals surface area contributed by atoms with E-state index in [0.29, 0.717) is 39.3 Å². The summed E-state index contributed by atoms with van der Waals surface area (Å²) in [7, 11) is 0. The van der Waals surface area contributed by atoms with Crippen LogP contribution in [0.1, 0.15) is 32.6 Å². The largest absolute Gasteiger partial charge is 0.310 e. The predicted molar refractivity (Wildman–Crippen MR) is 101 cm³/mol. The third kappa shape index (κ3) is 3.78. The molecule has 5 nitrogen and oxygen atoms in total. The van der Waals surface area contributed by atoms with Crippen LogP contribution in [0, 0.1) is 0 Å². The van der Waals surface area contributed by atoms with Gasteiger partial charge in [-0.25, -0.2) is 9.97 Å². The van der Waals surface area contributed by atoms with E-state index in [1.165, 1.54) is 0 Å². The summed E-state index contributed by atoms with van der Waals surface area (Å²) in [6.45, 7) is 2.10. The van der Waals surface area contributed by atoms with E-state index in [1.54, 1.807) is 35.0 Å². The molecule has 0 fully saturated rings. The molecule has 0 bridgehead atoms. The summed E-state index contributed by atoms with van der Waals surface area (Å²) >= 11 is 12.5. The zero-order valence-electron chi connectivity index (χ0n) is 13.8. The molecule has 3 aromatic rings. The minimum absolute atomic E-state index is 0.0569. The Morgan fingerprint density at radius 3 is 2.88 bits per heavy atom. The van der Waals surface area contributed by atoms with Crippen LogP contribution < -0.4 is 5.32 Å². The molecule has 0 saturated heterocycles. The number of benzene rings is 1. The van der Waals surface area contributed by atoms with Crippen LogP contribution in [0.5, 0.6) is 0 Å². The highest BCUT2D eigenvalue weighted by Crippen LogP contribution is 2.37. The average Bonchev–Trinajstić information content (AvgIpc) is 2.96. The Labute approximate surface area is 156 Å². The second-order valence-electron chi connectivity index (χ2n) is 5.71. The first-order valence-electron chi connectivity index (χ1n) is 8.19. The summed E-state index contributed by atoms with van der Waals surface area (Å²) in [5.41, 5.74) is 1.21. The number of nitrogens with one attached hydrogen (secondary N) is 1. The highest BCUT2D eigenvalue weighted by molar-refractivity contribution is 6.43. The SMILES string of the molecule is CCCCCC(=O)Nc1c(-c2cccc(Cl)c2Cl)nc2ncccn12. The lowest BCUT2D eigenvalue weighted by Gasteiger charge is -2.09. The van der Waals surface area contributed by atoms with E-state index >= 15 is 0 Å². The van der Waals surface area contributed by atoms with Crippen LogP contribution in [-0.2, 0) is 4.79 Å². The minimum atomic E-state index is -0.0569. The van der Waals surface area contributed by atoms with Crippen molar-refractivity contribution in [2.24, 2.45) is 0 Å². The van der Waals surface area contributed by atoms with Gasteiger partial charge in [-0.05, 0) is 18.6 Å². The Hall–Kier alpha value is -2.11. The van der Waals surface area contributed by atoms with Crippen molar-refractivity contribution in [1.29, 1.82) is 0 Å². The second kappa shape index (κ2) is 7.85. The molecule has 0 atom stereocenters. The van der Waals surface area contributed by atoms with E-state index in [0.717, 1.165) is 19.3 Å². The number of carbonyl (C=O) groups is 1. The van der Waals surface area contributed by atoms with Gasteiger partial charge in [-0.1, -0.05) is 55.1 Å². The van der Waals surface area contributed by atoms with Crippen molar-refractivity contribution in [3.8, 4) is 11.3 Å². The molecule has 1 aromatic carbocycles. The van der Waals surface area contributed by atoms with E-state index < -0.39 is 0 Å². The van der Waals surface area contributed by atoms with Crippen LogP contribution in [0.3, 0.4) is 0 Å². The first-order chi connectivity index (χ1) is 12.1. The smallest absolute Gasteiger partial charge is 0.235 e. The molecular weight excluding hydrogens is 359 g/mol. The monoisotopic (exact) mass is 376 g/mol. The van der Waals surface area contributed by atoms with Crippen molar-refractivity contribution in [2.75, 3.05) is 5.32 Å². The molecule has 0 radical (unpaired) electrons. The molecule has 3 rings (SSSR count). The first kappa shape index (κ1) is 17.7. The van der Waals surface area contributed by atoms with Gasteiger partial charge in [-0.2, -0.15) is 0 Å². The highest BCUT2D eigenvalue weighted by Gasteiger charge is 2.19. The van der Waals surface area contributed by atoms with E-state index in [9.17, 15) is 4.79 Å². The van der Waals surface area contributed by atoms with Gasteiger partial charge in [0, 0.05) is 24.4 Å². The number of rotatable bonds is 6. The maximum absolute atomic E-state index is 12.3. The van der Waals surface area contributed by atoms with Crippen molar-refractivity contribution >= 4 is 40.7 Å². The molecule has 0 aliphatic rings. The number of unbranched alkanes of at least 4 members (excludes halogenated alkanes) is 2. The number of fused-ring (bicyclic) bond motifs is 1. The molecule has 1 amide bonds. The van der Waals surface area contributed by atoms with E-state index in [1.807, 2.05) is 6.07 Å². The van der Waals surface area contributed by atoms with Gasteiger partial charge >= 0.3 is 0 Å². The van der Waals surface area contributed by atoms with Gasteiger partial charge in [0.1, 0.15) is 11.5 Å². The van der Waals surface area contributed by atoms with Gasteiger partial charge in [0.15, 0.2) is 0 Å². The molecule has 2 heterocycles. The highest BCUT2D eigenvalue weighted by atomic mass is 35.5. The Morgan fingerprint density at radius 1 is 1.24 bits per heavy atom. The standard InChI is InChI=1S/C18H18Cl2N4O/c1-2-3-4-9-14(25)22-17-16(12-7-5-8-13(19)15(12)20)23-18-21-10-6-11-24(17)18/h5-8,10-11H,2-4,9H2,1H3,(H,22,25). The molecular formula is C18H18Cl2N4O. The summed E-state index contributed by atoms with van der Waals surface area (Å²) in [6.07, 6.45) is 6.86. The lowest BCUT2D eigenvalue weighted by Crippen LogP contribution is -2.13. The van der Waals surface area contributed by atoms with Crippen molar-refractivity contribution in [2.45, 2.75) is 32.6 Å². The molecule has 1 N–H and O–H groups in total. The van der Waals surface area contributed by atoms with Gasteiger partial charge in [0.2, 0.25) is 11.7 Å². The Bertz CT molecular complexity index is 907. The number of nitrogens with zero attached hydrogens (tertiary/aromatic N) is 3. The lowest BCUT2D eigenvalue weighted by atomic mass is 10.1. The predicted octanol–water partition coefficient (Wildman–Crippen LogP) is 5.22. The van der Waals surface area contributed by atoms with Crippen LogP contribution in [0.4, 0.5) is 5.82 Å². The second-order valence-corrected chi connectivity index (χ2v) is 6.49. The maximum Gasteiger partial charge on any atom is 0.235 e. The number of anilines is 1. The number of amides is 1. The van der Waals surface area contributed by atoms with Crippen LogP contribution in [0.25, 0.3) is 17.0 Å². The van der Waals surface area contributed by atoms with Gasteiger partial charge in [0.05, 0.1) is 10.0 Å². The van der Waals surface area contributed by atoms with Crippen molar-refractivity contribution in [1.82, 2.24) is 14.4 Å². The molecule has 0 aliphatic carbocycles. The summed E-state index contributed by atoms with van der Waals surface area (Å²) in [5, 5.41) is 3.79. The molecule has 130 valence electrons. The van der Waals surface area contributed by atoms with E-state index in [-0.39, 0.29) is 5.91 Å². The quantitative estimate of drug-likeness (QED) is 0.599. The number of hydrogen-bond acceptors (Lipinski definition) is 3. The fourth-order valence-electron chi connectivity index (χ4n) is 2.61. The topological polar surface area (TPSA) is 59.3 Å². The van der Waals surface area contributed by atoms with Crippen molar-refractivity contribution < 1.29 is 4.79 Å². The van der Waals surface area contributed by atoms with Crippen LogP contribution in [-0.4, -0.2) is 20.3 Å². The minimum Gasteiger partial charge on any atom is -0.310 e. The fourth-order valence-corrected chi connectivity index (χ4v) is 3.00. The van der Waals surface area contributed by atoms with E-state index in [2.05, 4.69) is 22.2 Å². The van der Waals surface area contributed by atoms with Gasteiger partial charge in [0.25, 0.3) is 0 Å².